The largest absolute Gasteiger partial charge is 0.347 e. The highest BCUT2D eigenvalue weighted by Crippen LogP contribution is 2.52. The van der Waals surface area contributed by atoms with Crippen molar-refractivity contribution in [3.05, 3.63) is 29.3 Å². The highest BCUT2D eigenvalue weighted by molar-refractivity contribution is 7.98. The van der Waals surface area contributed by atoms with E-state index in [1.807, 2.05) is 0 Å². The van der Waals surface area contributed by atoms with Crippen LogP contribution < -0.4 is 10.0 Å². The van der Waals surface area contributed by atoms with E-state index in [2.05, 4.69) is 16.1 Å². The fraction of sp³-hybridized carbons (Fsp3) is 0.556. The highest BCUT2D eigenvalue weighted by Gasteiger charge is 2.49. The Labute approximate surface area is 156 Å². The molecule has 1 aromatic carbocycles. The van der Waals surface area contributed by atoms with E-state index < -0.39 is 17.5 Å². The third-order valence-electron chi connectivity index (χ3n) is 5.51. The van der Waals surface area contributed by atoms with Crippen molar-refractivity contribution >= 4 is 23.7 Å². The summed E-state index contributed by atoms with van der Waals surface area (Å²) in [6.07, 6.45) is 4.52. The monoisotopic (exact) mass is 380 g/mol. The van der Waals surface area contributed by atoms with Crippen molar-refractivity contribution in [2.75, 3.05) is 18.8 Å². The molecular formula is C18H22F2N4OS. The molecule has 0 atom stereocenters. The Morgan fingerprint density at radius 1 is 1.15 bits per heavy atom. The van der Waals surface area contributed by atoms with E-state index in [0.717, 1.165) is 50.7 Å². The number of rotatable bonds is 5. The Morgan fingerprint density at radius 3 is 2.27 bits per heavy atom. The fourth-order valence-corrected chi connectivity index (χ4v) is 4.26. The summed E-state index contributed by atoms with van der Waals surface area (Å²) in [5, 5.41) is 12.4. The van der Waals surface area contributed by atoms with Gasteiger partial charge in [-0.05, 0) is 58.7 Å². The van der Waals surface area contributed by atoms with E-state index >= 15 is 0 Å². The summed E-state index contributed by atoms with van der Waals surface area (Å²) in [4.78, 5) is 12.8. The molecule has 0 aromatic heterocycles. The van der Waals surface area contributed by atoms with Gasteiger partial charge in [-0.1, -0.05) is 0 Å². The molecule has 26 heavy (non-hydrogen) atoms. The average molecular weight is 380 g/mol. The van der Waals surface area contributed by atoms with Crippen molar-refractivity contribution in [1.82, 2.24) is 9.62 Å². The number of carbonyl (C=O) groups is 1. The SMILES string of the molecule is CN(C)SNc1cc(F)c(F)cc1C(=O)NC12CCC(C#N)(CC1)CC2. The third kappa shape index (κ3) is 3.64. The van der Waals surface area contributed by atoms with Gasteiger partial charge in [0.15, 0.2) is 11.6 Å². The predicted octanol–water partition coefficient (Wildman–Crippen LogP) is 3.85. The number of hydrogen-bond acceptors (Lipinski definition) is 5. The van der Waals surface area contributed by atoms with Gasteiger partial charge in [0.1, 0.15) is 0 Å². The minimum atomic E-state index is -1.05. The van der Waals surface area contributed by atoms with Gasteiger partial charge in [-0.2, -0.15) is 5.26 Å². The van der Waals surface area contributed by atoms with Crippen LogP contribution in [0.3, 0.4) is 0 Å². The summed E-state index contributed by atoms with van der Waals surface area (Å²) in [5.41, 5.74) is -0.291. The lowest BCUT2D eigenvalue weighted by Crippen LogP contribution is -2.56. The number of benzene rings is 1. The van der Waals surface area contributed by atoms with Crippen LogP contribution in [0.1, 0.15) is 48.9 Å². The molecule has 1 amide bonds. The third-order valence-corrected chi connectivity index (χ3v) is 6.18. The van der Waals surface area contributed by atoms with Gasteiger partial charge in [0.25, 0.3) is 5.91 Å². The number of nitrogens with one attached hydrogen (secondary N) is 2. The molecule has 140 valence electrons. The van der Waals surface area contributed by atoms with Gasteiger partial charge in [-0.25, -0.2) is 13.1 Å². The van der Waals surface area contributed by atoms with Crippen LogP contribution in [-0.2, 0) is 0 Å². The maximum absolute atomic E-state index is 13.7. The van der Waals surface area contributed by atoms with Crippen LogP contribution in [0.15, 0.2) is 12.1 Å². The molecule has 3 saturated carbocycles. The molecule has 0 saturated heterocycles. The average Bonchev–Trinajstić information content (AvgIpc) is 2.63. The minimum Gasteiger partial charge on any atom is -0.347 e. The van der Waals surface area contributed by atoms with E-state index in [1.165, 1.54) is 12.1 Å². The molecule has 0 radical (unpaired) electrons. The van der Waals surface area contributed by atoms with Gasteiger partial charge in [0, 0.05) is 23.7 Å². The molecule has 3 aliphatic carbocycles. The smallest absolute Gasteiger partial charge is 0.253 e. The van der Waals surface area contributed by atoms with Crippen molar-refractivity contribution in [2.24, 2.45) is 5.41 Å². The summed E-state index contributed by atoms with van der Waals surface area (Å²) >= 11 is 1.17. The number of amides is 1. The first kappa shape index (κ1) is 18.9. The Balaban J connectivity index is 1.80. The van der Waals surface area contributed by atoms with Gasteiger partial charge < -0.3 is 10.0 Å². The maximum Gasteiger partial charge on any atom is 0.253 e. The number of hydrogen-bond donors (Lipinski definition) is 2. The molecule has 2 N–H and O–H groups in total. The molecule has 2 bridgehead atoms. The Morgan fingerprint density at radius 2 is 1.73 bits per heavy atom. The molecule has 3 aliphatic rings. The zero-order valence-electron chi connectivity index (χ0n) is 14.9. The zero-order chi connectivity index (χ0) is 18.9. The Kier molecular flexibility index (Phi) is 5.13. The van der Waals surface area contributed by atoms with Crippen LogP contribution in [-0.4, -0.2) is 29.8 Å². The standard InChI is InChI=1S/C18H22F2N4OS/c1-24(2)26-23-15-10-14(20)13(19)9-12(15)16(25)22-18-6-3-17(11-21,4-7-18)5-8-18/h9-10,23H,3-8H2,1-2H3,(H,22,25). The van der Waals surface area contributed by atoms with Gasteiger partial charge in [-0.15, -0.1) is 0 Å². The number of fused-ring (bicyclic) bond motifs is 3. The minimum absolute atomic E-state index is 0.0790. The van der Waals surface area contributed by atoms with Crippen LogP contribution in [0.2, 0.25) is 0 Å². The number of carbonyl (C=O) groups excluding carboxylic acids is 1. The number of nitriles is 1. The van der Waals surface area contributed by atoms with Crippen LogP contribution in [0.25, 0.3) is 0 Å². The number of anilines is 1. The molecule has 1 aromatic rings. The van der Waals surface area contributed by atoms with Crippen LogP contribution >= 0.6 is 12.1 Å². The van der Waals surface area contributed by atoms with Gasteiger partial charge in [-0.3, -0.25) is 4.79 Å². The molecule has 4 rings (SSSR count). The highest BCUT2D eigenvalue weighted by atomic mass is 32.2. The van der Waals surface area contributed by atoms with Gasteiger partial charge in [0.05, 0.1) is 22.7 Å². The number of halogens is 2. The first-order valence-corrected chi connectivity index (χ1v) is 9.39. The van der Waals surface area contributed by atoms with Crippen LogP contribution in [0.4, 0.5) is 14.5 Å². The molecule has 8 heteroatoms. The zero-order valence-corrected chi connectivity index (χ0v) is 15.7. The van der Waals surface area contributed by atoms with Gasteiger partial charge >= 0.3 is 0 Å². The predicted molar refractivity (Wildman–Crippen MR) is 97.2 cm³/mol. The van der Waals surface area contributed by atoms with E-state index in [9.17, 15) is 18.8 Å². The van der Waals surface area contributed by atoms with E-state index in [-0.39, 0.29) is 22.2 Å². The first-order chi connectivity index (χ1) is 12.3. The second-order valence-electron chi connectivity index (χ2n) is 7.44. The molecule has 0 unspecified atom stereocenters. The lowest BCUT2D eigenvalue weighted by molar-refractivity contribution is 0.0521. The van der Waals surface area contributed by atoms with Crippen molar-refractivity contribution in [2.45, 2.75) is 44.1 Å². The second kappa shape index (κ2) is 7.05. The fourth-order valence-electron chi connectivity index (χ4n) is 3.81. The van der Waals surface area contributed by atoms with Crippen molar-refractivity contribution in [3.63, 3.8) is 0 Å². The van der Waals surface area contributed by atoms with Crippen molar-refractivity contribution in [3.8, 4) is 6.07 Å². The molecule has 0 aliphatic heterocycles. The molecule has 3 fully saturated rings. The Hall–Kier alpha value is -1.85. The van der Waals surface area contributed by atoms with Gasteiger partial charge in [0.2, 0.25) is 0 Å². The van der Waals surface area contributed by atoms with E-state index in [4.69, 9.17) is 0 Å². The lowest BCUT2D eigenvalue weighted by Gasteiger charge is -2.50. The summed E-state index contributed by atoms with van der Waals surface area (Å²) in [6.45, 7) is 0. The first-order valence-electron chi connectivity index (χ1n) is 8.61. The molecule has 5 nitrogen and oxygen atoms in total. The quantitative estimate of drug-likeness (QED) is 0.760. The molecule has 0 heterocycles. The molecular weight excluding hydrogens is 358 g/mol. The van der Waals surface area contributed by atoms with Crippen molar-refractivity contribution in [1.29, 1.82) is 5.26 Å². The Bertz CT molecular complexity index is 738. The number of nitrogens with zero attached hydrogens (tertiary/aromatic N) is 2. The summed E-state index contributed by atoms with van der Waals surface area (Å²) in [5.74, 6) is -2.48. The second-order valence-corrected chi connectivity index (χ2v) is 8.56. The molecule has 0 spiro atoms. The summed E-state index contributed by atoms with van der Waals surface area (Å²) in [6, 6.07) is 4.37. The topological polar surface area (TPSA) is 68.2 Å². The normalized spacial score (nSPS) is 27.2. The summed E-state index contributed by atoms with van der Waals surface area (Å²) in [7, 11) is 3.59. The van der Waals surface area contributed by atoms with E-state index in [0.29, 0.717) is 0 Å². The summed E-state index contributed by atoms with van der Waals surface area (Å²) < 4.78 is 32.0. The van der Waals surface area contributed by atoms with E-state index in [1.54, 1.807) is 18.4 Å². The van der Waals surface area contributed by atoms with Crippen LogP contribution in [0, 0.1) is 28.4 Å². The van der Waals surface area contributed by atoms with Crippen LogP contribution in [0.5, 0.6) is 0 Å². The van der Waals surface area contributed by atoms with Crippen molar-refractivity contribution < 1.29 is 13.6 Å². The lowest BCUT2D eigenvalue weighted by atomic mass is 9.58. The maximum atomic E-state index is 13.7.